The maximum absolute atomic E-state index is 13.3. The van der Waals surface area contributed by atoms with Crippen molar-refractivity contribution in [1.82, 2.24) is 4.57 Å². The van der Waals surface area contributed by atoms with E-state index < -0.39 is 15.9 Å². The molecule has 4 aromatic rings. The number of ether oxygens (including phenoxy) is 1. The molecule has 10 heteroatoms. The molecule has 0 unspecified atom stereocenters. The van der Waals surface area contributed by atoms with Gasteiger partial charge in [0.15, 0.2) is 4.80 Å². The second-order valence-electron chi connectivity index (χ2n) is 8.45. The molecule has 0 aliphatic carbocycles. The molecule has 36 heavy (non-hydrogen) atoms. The minimum Gasteiger partial charge on any atom is -0.383 e. The lowest BCUT2D eigenvalue weighted by Crippen LogP contribution is -2.29. The van der Waals surface area contributed by atoms with Crippen molar-refractivity contribution in [3.63, 3.8) is 0 Å². The second-order valence-corrected chi connectivity index (χ2v) is 11.7. The Bertz CT molecular complexity index is 1640. The Balaban J connectivity index is 1.48. The number of fused-ring (bicyclic) bond motifs is 2. The van der Waals surface area contributed by atoms with E-state index in [4.69, 9.17) is 16.3 Å². The van der Waals surface area contributed by atoms with Crippen LogP contribution in [0.2, 0.25) is 5.02 Å². The average Bonchev–Trinajstić information content (AvgIpc) is 3.47. The molecule has 186 valence electrons. The zero-order chi connectivity index (χ0) is 25.4. The number of hydrogen-bond acceptors (Lipinski definition) is 5. The Morgan fingerprint density at radius 1 is 1.11 bits per heavy atom. The van der Waals surface area contributed by atoms with Crippen LogP contribution in [0.3, 0.4) is 0 Å². The maximum Gasteiger partial charge on any atom is 0.279 e. The number of nitrogens with zero attached hydrogens (tertiary/aromatic N) is 3. The molecule has 7 nitrogen and oxygen atoms in total. The third kappa shape index (κ3) is 4.37. The van der Waals surface area contributed by atoms with Gasteiger partial charge in [-0.05, 0) is 66.9 Å². The molecule has 1 aliphatic heterocycles. The van der Waals surface area contributed by atoms with Gasteiger partial charge in [-0.3, -0.25) is 9.10 Å². The number of carbonyl (C=O) groups is 1. The van der Waals surface area contributed by atoms with Crippen LogP contribution in [0.15, 0.2) is 70.6 Å². The van der Waals surface area contributed by atoms with Crippen molar-refractivity contribution >= 4 is 54.8 Å². The number of methoxy groups -OCH3 is 1. The van der Waals surface area contributed by atoms with Crippen LogP contribution in [0.25, 0.3) is 10.2 Å². The van der Waals surface area contributed by atoms with E-state index in [9.17, 15) is 13.2 Å². The topological polar surface area (TPSA) is 81.0 Å². The van der Waals surface area contributed by atoms with Gasteiger partial charge in [-0.15, -0.1) is 0 Å². The van der Waals surface area contributed by atoms with E-state index in [0.717, 1.165) is 21.3 Å². The van der Waals surface area contributed by atoms with E-state index in [-0.39, 0.29) is 4.90 Å². The van der Waals surface area contributed by atoms with Gasteiger partial charge in [-0.1, -0.05) is 41.1 Å². The number of benzene rings is 3. The van der Waals surface area contributed by atoms with Gasteiger partial charge >= 0.3 is 0 Å². The van der Waals surface area contributed by atoms with Crippen LogP contribution in [0.1, 0.15) is 21.5 Å². The number of anilines is 1. The summed E-state index contributed by atoms with van der Waals surface area (Å²) in [5.74, 6) is -0.452. The largest absolute Gasteiger partial charge is 0.383 e. The number of aryl methyl sites for hydroxylation is 1. The van der Waals surface area contributed by atoms with E-state index >= 15 is 0 Å². The Morgan fingerprint density at radius 3 is 2.61 bits per heavy atom. The highest BCUT2D eigenvalue weighted by Gasteiger charge is 2.30. The van der Waals surface area contributed by atoms with Crippen molar-refractivity contribution < 1.29 is 17.9 Å². The first-order valence-electron chi connectivity index (χ1n) is 11.4. The summed E-state index contributed by atoms with van der Waals surface area (Å²) in [6, 6.07) is 17.2. The van der Waals surface area contributed by atoms with Gasteiger partial charge in [0, 0.05) is 30.8 Å². The summed E-state index contributed by atoms with van der Waals surface area (Å²) >= 11 is 7.74. The fourth-order valence-corrected chi connectivity index (χ4v) is 7.17. The molecular formula is C26H24ClN3O4S2. The number of amides is 1. The summed E-state index contributed by atoms with van der Waals surface area (Å²) in [5, 5.41) is 0.641. The molecule has 0 atom stereocenters. The Kier molecular flexibility index (Phi) is 6.74. The smallest absolute Gasteiger partial charge is 0.279 e. The fraction of sp³-hybridized carbons (Fsp3) is 0.231. The first-order chi connectivity index (χ1) is 17.3. The van der Waals surface area contributed by atoms with E-state index in [2.05, 4.69) is 4.99 Å². The molecule has 0 N–H and O–H groups in total. The summed E-state index contributed by atoms with van der Waals surface area (Å²) in [4.78, 5) is 18.1. The first kappa shape index (κ1) is 24.7. The monoisotopic (exact) mass is 541 g/mol. The zero-order valence-corrected chi connectivity index (χ0v) is 22.2. The summed E-state index contributed by atoms with van der Waals surface area (Å²) < 4.78 is 36.1. The number of halogens is 1. The highest BCUT2D eigenvalue weighted by molar-refractivity contribution is 7.92. The molecule has 0 saturated heterocycles. The van der Waals surface area contributed by atoms with E-state index in [1.165, 1.54) is 39.9 Å². The molecule has 1 aromatic heterocycles. The van der Waals surface area contributed by atoms with Crippen LogP contribution in [-0.4, -0.2) is 39.2 Å². The summed E-state index contributed by atoms with van der Waals surface area (Å²) in [6.07, 6.45) is 0.674. The lowest BCUT2D eigenvalue weighted by molar-refractivity contribution is 0.0997. The lowest BCUT2D eigenvalue weighted by atomic mass is 10.2. The van der Waals surface area contributed by atoms with E-state index in [0.29, 0.717) is 47.2 Å². The number of hydrogen-bond donors (Lipinski definition) is 0. The van der Waals surface area contributed by atoms with Crippen molar-refractivity contribution in [3.05, 3.63) is 87.2 Å². The van der Waals surface area contributed by atoms with Crippen LogP contribution >= 0.6 is 22.9 Å². The van der Waals surface area contributed by atoms with E-state index in [1.807, 2.05) is 47.9 Å². The third-order valence-corrected chi connectivity index (χ3v) is 9.56. The van der Waals surface area contributed by atoms with E-state index in [1.54, 1.807) is 7.11 Å². The average molecular weight is 542 g/mol. The van der Waals surface area contributed by atoms with Gasteiger partial charge in [0.25, 0.3) is 15.9 Å². The van der Waals surface area contributed by atoms with Crippen molar-refractivity contribution in [2.75, 3.05) is 24.6 Å². The summed E-state index contributed by atoms with van der Waals surface area (Å²) in [7, 11) is -2.12. The summed E-state index contributed by atoms with van der Waals surface area (Å²) in [5.41, 5.74) is 3.85. The number of rotatable bonds is 6. The van der Waals surface area contributed by atoms with Crippen molar-refractivity contribution in [2.24, 2.45) is 4.99 Å². The first-order valence-corrected chi connectivity index (χ1v) is 14.0. The van der Waals surface area contributed by atoms with Crippen molar-refractivity contribution in [2.45, 2.75) is 24.8 Å². The highest BCUT2D eigenvalue weighted by Crippen LogP contribution is 2.32. The second kappa shape index (κ2) is 9.82. The van der Waals surface area contributed by atoms with Gasteiger partial charge in [-0.2, -0.15) is 4.99 Å². The molecule has 3 aromatic carbocycles. The minimum atomic E-state index is -3.73. The third-order valence-electron chi connectivity index (χ3n) is 6.28. The fourth-order valence-electron chi connectivity index (χ4n) is 4.40. The molecular weight excluding hydrogens is 518 g/mol. The van der Waals surface area contributed by atoms with Crippen molar-refractivity contribution in [1.29, 1.82) is 0 Å². The standard InChI is InChI=1S/C26H24ClN3O4S2/c1-17-21(27)11-12-23-24(17)29(15-16-34-2)26(35-23)28-25(31)19-7-9-20(10-8-19)36(32,33)30-14-13-18-5-3-4-6-22(18)30/h3-12H,13-16H2,1-2H3. The summed E-state index contributed by atoms with van der Waals surface area (Å²) in [6.45, 7) is 3.29. The quantitative estimate of drug-likeness (QED) is 0.351. The molecule has 1 aliphatic rings. The SMILES string of the molecule is COCCn1c(=NC(=O)c2ccc(S(=O)(=O)N3CCc4ccccc43)cc2)sc2ccc(Cl)c(C)c21. The van der Waals surface area contributed by atoms with Gasteiger partial charge < -0.3 is 9.30 Å². The Labute approximate surface area is 218 Å². The van der Waals surface area contributed by atoms with Crippen LogP contribution in [0.4, 0.5) is 5.69 Å². The lowest BCUT2D eigenvalue weighted by Gasteiger charge is -2.19. The zero-order valence-electron chi connectivity index (χ0n) is 19.8. The van der Waals surface area contributed by atoms with Gasteiger partial charge in [0.1, 0.15) is 0 Å². The molecule has 0 bridgehead atoms. The number of para-hydroxylation sites is 1. The predicted molar refractivity (Wildman–Crippen MR) is 142 cm³/mol. The van der Waals surface area contributed by atoms with Gasteiger partial charge in [0.05, 0.1) is 27.4 Å². The maximum atomic E-state index is 13.3. The molecule has 1 amide bonds. The molecule has 0 saturated carbocycles. The number of sulfonamides is 1. The minimum absolute atomic E-state index is 0.137. The molecule has 0 fully saturated rings. The molecule has 0 radical (unpaired) electrons. The van der Waals surface area contributed by atoms with Crippen LogP contribution < -0.4 is 9.11 Å². The number of aromatic nitrogens is 1. The molecule has 0 spiro atoms. The normalized spacial score (nSPS) is 14.0. The van der Waals surface area contributed by atoms with Crippen LogP contribution in [0, 0.1) is 6.92 Å². The Morgan fingerprint density at radius 2 is 1.86 bits per heavy atom. The number of thiazole rings is 1. The highest BCUT2D eigenvalue weighted by atomic mass is 35.5. The molecule has 5 rings (SSSR count). The van der Waals surface area contributed by atoms with Crippen LogP contribution in [-0.2, 0) is 27.7 Å². The van der Waals surface area contributed by atoms with Gasteiger partial charge in [-0.25, -0.2) is 8.42 Å². The van der Waals surface area contributed by atoms with Crippen LogP contribution in [0.5, 0.6) is 0 Å². The molecule has 2 heterocycles. The van der Waals surface area contributed by atoms with Crippen molar-refractivity contribution in [3.8, 4) is 0 Å². The predicted octanol–water partition coefficient (Wildman–Crippen LogP) is 4.80. The number of carbonyl (C=O) groups excluding carboxylic acids is 1. The van der Waals surface area contributed by atoms with Gasteiger partial charge in [0.2, 0.25) is 0 Å². The Hall–Kier alpha value is -2.98.